The van der Waals surface area contributed by atoms with E-state index in [9.17, 15) is 0 Å². The summed E-state index contributed by atoms with van der Waals surface area (Å²) < 4.78 is 0. The fraction of sp³-hybridized carbons (Fsp3) is 1.00. The van der Waals surface area contributed by atoms with Crippen LogP contribution in [0.1, 0.15) is 40.5 Å². The lowest BCUT2D eigenvalue weighted by molar-refractivity contribution is 0.165. The molecule has 0 aromatic carbocycles. The van der Waals surface area contributed by atoms with Crippen LogP contribution in [0.25, 0.3) is 0 Å². The smallest absolute Gasteiger partial charge is 0.0226 e. The van der Waals surface area contributed by atoms with Gasteiger partial charge >= 0.3 is 0 Å². The molecule has 98 valence electrons. The van der Waals surface area contributed by atoms with E-state index in [2.05, 4.69) is 39.6 Å². The van der Waals surface area contributed by atoms with Gasteiger partial charge < -0.3 is 5.73 Å². The minimum atomic E-state index is 0.549. The van der Waals surface area contributed by atoms with E-state index in [4.69, 9.17) is 5.73 Å². The van der Waals surface area contributed by atoms with E-state index in [-0.39, 0.29) is 0 Å². The maximum atomic E-state index is 5.87. The summed E-state index contributed by atoms with van der Waals surface area (Å²) in [4.78, 5) is 2.47. The third kappa shape index (κ3) is 6.77. The number of hydrogen-bond acceptors (Lipinski definition) is 3. The highest BCUT2D eigenvalue weighted by Crippen LogP contribution is 2.15. The fourth-order valence-electron chi connectivity index (χ4n) is 2.06. The predicted octanol–water partition coefficient (Wildman–Crippen LogP) is 2.82. The van der Waals surface area contributed by atoms with E-state index in [0.29, 0.717) is 12.1 Å². The van der Waals surface area contributed by atoms with Gasteiger partial charge in [-0.1, -0.05) is 20.8 Å². The first-order valence-electron chi connectivity index (χ1n) is 6.52. The number of nitrogens with two attached hydrogens (primary N) is 1. The third-order valence-corrected chi connectivity index (χ3v) is 4.09. The minimum Gasteiger partial charge on any atom is -0.329 e. The van der Waals surface area contributed by atoms with Crippen molar-refractivity contribution in [3.63, 3.8) is 0 Å². The van der Waals surface area contributed by atoms with Crippen molar-refractivity contribution in [2.24, 2.45) is 11.7 Å². The van der Waals surface area contributed by atoms with Crippen molar-refractivity contribution < 1.29 is 0 Å². The zero-order chi connectivity index (χ0) is 12.6. The summed E-state index contributed by atoms with van der Waals surface area (Å²) in [5, 5.41) is 0. The standard InChI is InChI=1S/C13H30N2S/c1-6-16-8-7-13(10-14)15(5)12(4)9-11(2)3/h11-13H,6-10,14H2,1-5H3. The summed E-state index contributed by atoms with van der Waals surface area (Å²) in [6.45, 7) is 9.88. The topological polar surface area (TPSA) is 29.3 Å². The molecule has 2 unspecified atom stereocenters. The molecule has 0 aromatic heterocycles. The molecule has 16 heavy (non-hydrogen) atoms. The van der Waals surface area contributed by atoms with Gasteiger partial charge in [-0.3, -0.25) is 4.90 Å². The molecule has 0 fully saturated rings. The van der Waals surface area contributed by atoms with Crippen molar-refractivity contribution in [2.45, 2.75) is 52.6 Å². The van der Waals surface area contributed by atoms with Crippen LogP contribution >= 0.6 is 11.8 Å². The molecule has 2 atom stereocenters. The van der Waals surface area contributed by atoms with E-state index in [1.54, 1.807) is 0 Å². The lowest BCUT2D eigenvalue weighted by Gasteiger charge is -2.33. The first-order chi connectivity index (χ1) is 7.52. The first-order valence-corrected chi connectivity index (χ1v) is 7.68. The van der Waals surface area contributed by atoms with Gasteiger partial charge in [-0.15, -0.1) is 0 Å². The summed E-state index contributed by atoms with van der Waals surface area (Å²) in [5.41, 5.74) is 5.87. The van der Waals surface area contributed by atoms with Gasteiger partial charge in [0.2, 0.25) is 0 Å². The Morgan fingerprint density at radius 2 is 1.88 bits per heavy atom. The molecule has 0 amide bonds. The van der Waals surface area contributed by atoms with Crippen molar-refractivity contribution in [1.29, 1.82) is 0 Å². The van der Waals surface area contributed by atoms with Crippen LogP contribution in [0.4, 0.5) is 0 Å². The summed E-state index contributed by atoms with van der Waals surface area (Å²) in [5.74, 6) is 3.21. The van der Waals surface area contributed by atoms with Crippen molar-refractivity contribution in [3.05, 3.63) is 0 Å². The molecule has 0 radical (unpaired) electrons. The SMILES string of the molecule is CCSCCC(CN)N(C)C(C)CC(C)C. The quantitative estimate of drug-likeness (QED) is 0.634. The lowest BCUT2D eigenvalue weighted by atomic mass is 10.0. The Morgan fingerprint density at radius 3 is 2.31 bits per heavy atom. The van der Waals surface area contributed by atoms with Gasteiger partial charge in [0.05, 0.1) is 0 Å². The van der Waals surface area contributed by atoms with Crippen molar-refractivity contribution in [2.75, 3.05) is 25.1 Å². The second kappa shape index (κ2) is 9.32. The minimum absolute atomic E-state index is 0.549. The second-order valence-corrected chi connectivity index (χ2v) is 6.41. The molecule has 2 nitrogen and oxygen atoms in total. The van der Waals surface area contributed by atoms with Gasteiger partial charge in [0.1, 0.15) is 0 Å². The Hall–Kier alpha value is 0.270. The van der Waals surface area contributed by atoms with Crippen molar-refractivity contribution in [1.82, 2.24) is 4.90 Å². The van der Waals surface area contributed by atoms with Crippen molar-refractivity contribution >= 4 is 11.8 Å². The molecule has 0 saturated heterocycles. The van der Waals surface area contributed by atoms with Crippen LogP contribution in [-0.2, 0) is 0 Å². The van der Waals surface area contributed by atoms with Crippen LogP contribution in [0.3, 0.4) is 0 Å². The van der Waals surface area contributed by atoms with Crippen LogP contribution in [0.2, 0.25) is 0 Å². The van der Waals surface area contributed by atoms with Gasteiger partial charge in [-0.2, -0.15) is 11.8 Å². The van der Waals surface area contributed by atoms with Crippen LogP contribution in [-0.4, -0.2) is 42.1 Å². The largest absolute Gasteiger partial charge is 0.329 e. The molecular formula is C13H30N2S. The van der Waals surface area contributed by atoms with E-state index in [1.165, 1.54) is 24.3 Å². The highest BCUT2D eigenvalue weighted by Gasteiger charge is 2.18. The van der Waals surface area contributed by atoms with Gasteiger partial charge in [0, 0.05) is 18.6 Å². The maximum Gasteiger partial charge on any atom is 0.0226 e. The van der Waals surface area contributed by atoms with Gasteiger partial charge in [-0.25, -0.2) is 0 Å². The molecular weight excluding hydrogens is 216 g/mol. The number of thioether (sulfide) groups is 1. The van der Waals surface area contributed by atoms with Gasteiger partial charge in [-0.05, 0) is 44.2 Å². The summed E-state index contributed by atoms with van der Waals surface area (Å²) in [7, 11) is 2.22. The summed E-state index contributed by atoms with van der Waals surface area (Å²) in [6.07, 6.45) is 2.47. The third-order valence-electron chi connectivity index (χ3n) is 3.16. The molecule has 0 bridgehead atoms. The number of likely N-dealkylation sites (N-methyl/N-ethyl adjacent to an activating group) is 1. The van der Waals surface area contributed by atoms with Crippen LogP contribution in [0, 0.1) is 5.92 Å². The second-order valence-electron chi connectivity index (χ2n) is 5.02. The molecule has 0 aromatic rings. The molecule has 0 spiro atoms. The zero-order valence-corrected chi connectivity index (χ0v) is 12.5. The molecule has 0 aliphatic rings. The van der Waals surface area contributed by atoms with E-state index < -0.39 is 0 Å². The number of hydrogen-bond donors (Lipinski definition) is 1. The highest BCUT2D eigenvalue weighted by atomic mass is 32.2. The Morgan fingerprint density at radius 1 is 1.25 bits per heavy atom. The summed E-state index contributed by atoms with van der Waals surface area (Å²) in [6, 6.07) is 1.19. The maximum absolute atomic E-state index is 5.87. The first kappa shape index (κ1) is 16.3. The average Bonchev–Trinajstić information content (AvgIpc) is 2.22. The molecule has 0 aliphatic carbocycles. The van der Waals surface area contributed by atoms with E-state index >= 15 is 0 Å². The van der Waals surface area contributed by atoms with Crippen LogP contribution in [0.5, 0.6) is 0 Å². The highest BCUT2D eigenvalue weighted by molar-refractivity contribution is 7.99. The molecule has 0 heterocycles. The number of nitrogens with zero attached hydrogens (tertiary/aromatic N) is 1. The summed E-state index contributed by atoms with van der Waals surface area (Å²) >= 11 is 2.01. The molecule has 0 aliphatic heterocycles. The normalized spacial score (nSPS) is 15.8. The monoisotopic (exact) mass is 246 g/mol. The Balaban J connectivity index is 4.02. The van der Waals surface area contributed by atoms with E-state index in [1.807, 2.05) is 11.8 Å². The molecule has 0 rings (SSSR count). The molecule has 2 N–H and O–H groups in total. The van der Waals surface area contributed by atoms with Gasteiger partial charge in [0.15, 0.2) is 0 Å². The van der Waals surface area contributed by atoms with Crippen LogP contribution in [0.15, 0.2) is 0 Å². The van der Waals surface area contributed by atoms with E-state index in [0.717, 1.165) is 12.5 Å². The Bertz CT molecular complexity index is 162. The molecule has 3 heteroatoms. The predicted molar refractivity (Wildman–Crippen MR) is 77.1 cm³/mol. The Kier molecular flexibility index (Phi) is 9.47. The molecule has 0 saturated carbocycles. The number of rotatable bonds is 9. The van der Waals surface area contributed by atoms with Crippen molar-refractivity contribution in [3.8, 4) is 0 Å². The average molecular weight is 246 g/mol. The zero-order valence-electron chi connectivity index (χ0n) is 11.7. The van der Waals surface area contributed by atoms with Crippen LogP contribution < -0.4 is 5.73 Å². The van der Waals surface area contributed by atoms with Gasteiger partial charge in [0.25, 0.3) is 0 Å². The fourth-order valence-corrected chi connectivity index (χ4v) is 2.79. The lowest BCUT2D eigenvalue weighted by Crippen LogP contribution is -2.43. The Labute approximate surface area is 106 Å².